The summed E-state index contributed by atoms with van der Waals surface area (Å²) in [7, 11) is 0. The van der Waals surface area contributed by atoms with Crippen LogP contribution in [0.1, 0.15) is 49.4 Å². The molecule has 4 heterocycles. The van der Waals surface area contributed by atoms with Gasteiger partial charge < -0.3 is 14.9 Å². The summed E-state index contributed by atoms with van der Waals surface area (Å²) >= 11 is 0. The van der Waals surface area contributed by atoms with Crippen molar-refractivity contribution in [3.05, 3.63) is 59.1 Å². The lowest BCUT2D eigenvalue weighted by Gasteiger charge is -2.38. The predicted octanol–water partition coefficient (Wildman–Crippen LogP) is 4.38. The Kier molecular flexibility index (Phi) is 5.90. The van der Waals surface area contributed by atoms with E-state index in [0.29, 0.717) is 37.4 Å². The largest absolute Gasteiger partial charge is 0.390 e. The van der Waals surface area contributed by atoms with Crippen molar-refractivity contribution in [2.24, 2.45) is 5.92 Å². The molecule has 5 rings (SSSR count). The number of aliphatic hydroxyl groups is 1. The van der Waals surface area contributed by atoms with Crippen LogP contribution in [0.4, 0.5) is 14.6 Å². The van der Waals surface area contributed by atoms with Gasteiger partial charge in [0.2, 0.25) is 0 Å². The van der Waals surface area contributed by atoms with Gasteiger partial charge in [-0.25, -0.2) is 18.3 Å². The second kappa shape index (κ2) is 8.88. The summed E-state index contributed by atoms with van der Waals surface area (Å²) < 4.78 is 30.8. The van der Waals surface area contributed by atoms with Crippen LogP contribution in [0, 0.1) is 25.2 Å². The van der Waals surface area contributed by atoms with E-state index < -0.39 is 17.8 Å². The third-order valence-electron chi connectivity index (χ3n) is 7.10. The molecule has 8 heteroatoms. The monoisotopic (exact) mass is 465 g/mol. The SMILES string of the molecule is C#CC1CN(c2nc3cc([C@@H]4CCCCN4C(=C)C4=C(F)CCC=C4F)nn3cc2C)C[C@@H]1O. The first-order valence-electron chi connectivity index (χ1n) is 11.8. The molecular formula is C26H29F2N5O. The second-order valence-corrected chi connectivity index (χ2v) is 9.39. The lowest BCUT2D eigenvalue weighted by molar-refractivity contribution is 0.172. The van der Waals surface area contributed by atoms with E-state index in [1.165, 1.54) is 6.08 Å². The van der Waals surface area contributed by atoms with E-state index in [-0.39, 0.29) is 24.0 Å². The van der Waals surface area contributed by atoms with Crippen molar-refractivity contribution in [1.82, 2.24) is 19.5 Å². The summed E-state index contributed by atoms with van der Waals surface area (Å²) in [4.78, 5) is 8.83. The molecule has 2 saturated heterocycles. The number of β-amino-alcohol motifs (C(OH)–C–C–N with tert-alkyl or cyclic N) is 1. The van der Waals surface area contributed by atoms with Crippen molar-refractivity contribution in [3.63, 3.8) is 0 Å². The molecule has 2 aliphatic heterocycles. The molecule has 0 amide bonds. The number of aryl methyl sites for hydroxylation is 1. The quantitative estimate of drug-likeness (QED) is 0.680. The average molecular weight is 466 g/mol. The predicted molar refractivity (Wildman–Crippen MR) is 127 cm³/mol. The van der Waals surface area contributed by atoms with Crippen LogP contribution in [-0.4, -0.2) is 50.3 Å². The molecule has 2 aromatic heterocycles. The molecule has 0 aromatic carbocycles. The van der Waals surface area contributed by atoms with Gasteiger partial charge in [-0.3, -0.25) is 0 Å². The molecule has 1 N–H and O–H groups in total. The zero-order valence-corrected chi connectivity index (χ0v) is 19.3. The summed E-state index contributed by atoms with van der Waals surface area (Å²) in [5.41, 5.74) is 2.78. The summed E-state index contributed by atoms with van der Waals surface area (Å²) in [6.07, 6.45) is 11.6. The number of aromatic nitrogens is 3. The van der Waals surface area contributed by atoms with Gasteiger partial charge in [0.05, 0.1) is 29.3 Å². The summed E-state index contributed by atoms with van der Waals surface area (Å²) in [5.74, 6) is 2.24. The fourth-order valence-corrected chi connectivity index (χ4v) is 5.31. The Morgan fingerprint density at radius 3 is 2.85 bits per heavy atom. The number of nitrogens with zero attached hydrogens (tertiary/aromatic N) is 5. The Morgan fingerprint density at radius 2 is 2.12 bits per heavy atom. The summed E-state index contributed by atoms with van der Waals surface area (Å²) in [6, 6.07) is 1.79. The first-order chi connectivity index (χ1) is 16.4. The lowest BCUT2D eigenvalue weighted by atomic mass is 9.95. The maximum atomic E-state index is 14.6. The maximum Gasteiger partial charge on any atom is 0.157 e. The van der Waals surface area contributed by atoms with Gasteiger partial charge in [-0.1, -0.05) is 12.5 Å². The van der Waals surface area contributed by atoms with Gasteiger partial charge in [0, 0.05) is 49.6 Å². The highest BCUT2D eigenvalue weighted by atomic mass is 19.1. The van der Waals surface area contributed by atoms with Crippen LogP contribution in [-0.2, 0) is 0 Å². The topological polar surface area (TPSA) is 56.9 Å². The highest BCUT2D eigenvalue weighted by molar-refractivity contribution is 5.55. The van der Waals surface area contributed by atoms with Gasteiger partial charge >= 0.3 is 0 Å². The van der Waals surface area contributed by atoms with Crippen LogP contribution in [0.2, 0.25) is 0 Å². The van der Waals surface area contributed by atoms with E-state index in [2.05, 4.69) is 12.5 Å². The molecule has 2 aromatic rings. The molecule has 1 unspecified atom stereocenters. The summed E-state index contributed by atoms with van der Waals surface area (Å²) in [6.45, 7) is 7.70. The molecule has 0 saturated carbocycles. The number of allylic oxidation sites excluding steroid dienone is 3. The van der Waals surface area contributed by atoms with E-state index in [1.54, 1.807) is 4.52 Å². The van der Waals surface area contributed by atoms with Crippen LogP contribution in [0.3, 0.4) is 0 Å². The Morgan fingerprint density at radius 1 is 1.29 bits per heavy atom. The van der Waals surface area contributed by atoms with Crippen LogP contribution in [0.15, 0.2) is 47.8 Å². The number of halogens is 2. The molecular weight excluding hydrogens is 436 g/mol. The maximum absolute atomic E-state index is 14.6. The van der Waals surface area contributed by atoms with E-state index in [9.17, 15) is 13.9 Å². The van der Waals surface area contributed by atoms with Crippen molar-refractivity contribution in [1.29, 1.82) is 0 Å². The van der Waals surface area contributed by atoms with Crippen LogP contribution in [0.5, 0.6) is 0 Å². The third kappa shape index (κ3) is 3.88. The van der Waals surface area contributed by atoms with Crippen molar-refractivity contribution in [3.8, 4) is 12.3 Å². The van der Waals surface area contributed by atoms with Crippen LogP contribution in [0.25, 0.3) is 5.65 Å². The molecule has 2 fully saturated rings. The minimum atomic E-state index is -0.575. The second-order valence-electron chi connectivity index (χ2n) is 9.39. The Hall–Kier alpha value is -3.18. The smallest absolute Gasteiger partial charge is 0.157 e. The number of terminal acetylenes is 1. The number of hydrogen-bond donors (Lipinski definition) is 1. The molecule has 6 nitrogen and oxygen atoms in total. The van der Waals surface area contributed by atoms with E-state index in [4.69, 9.17) is 16.5 Å². The van der Waals surface area contributed by atoms with Gasteiger partial charge in [0.1, 0.15) is 17.5 Å². The molecule has 178 valence electrons. The van der Waals surface area contributed by atoms with Gasteiger partial charge in [-0.05, 0) is 38.7 Å². The summed E-state index contributed by atoms with van der Waals surface area (Å²) in [5, 5.41) is 15.0. The standard InChI is InChI=1S/C26H29F2N5O/c1-4-18-14-31(15-23(18)34)26-16(2)13-33-24(29-26)12-21(30-33)22-10-5-6-11-32(22)17(3)25-19(27)8-7-9-20(25)28/h1,8,12-13,18,22-23,34H,3,5-7,9-11,14-15H2,2H3/t18?,22-,23-/m0/s1. The fraction of sp³-hybridized carbons (Fsp3) is 0.462. The molecule has 0 radical (unpaired) electrons. The molecule has 0 spiro atoms. The van der Waals surface area contributed by atoms with E-state index in [0.717, 1.165) is 36.3 Å². The Labute approximate surface area is 198 Å². The Balaban J connectivity index is 1.46. The first kappa shape index (κ1) is 22.6. The molecule has 0 bridgehead atoms. The average Bonchev–Trinajstić information content (AvgIpc) is 3.40. The number of anilines is 1. The zero-order valence-electron chi connectivity index (χ0n) is 19.3. The van der Waals surface area contributed by atoms with Crippen LogP contribution < -0.4 is 4.90 Å². The number of aliphatic hydroxyl groups excluding tert-OH is 1. The fourth-order valence-electron chi connectivity index (χ4n) is 5.31. The lowest BCUT2D eigenvalue weighted by Crippen LogP contribution is -2.33. The molecule has 3 atom stereocenters. The van der Waals surface area contributed by atoms with Crippen molar-refractivity contribution in [2.75, 3.05) is 24.5 Å². The molecule has 3 aliphatic rings. The minimum absolute atomic E-state index is 0.00571. The number of rotatable bonds is 4. The van der Waals surface area contributed by atoms with Crippen molar-refractivity contribution >= 4 is 11.5 Å². The van der Waals surface area contributed by atoms with Crippen molar-refractivity contribution in [2.45, 2.75) is 51.2 Å². The number of fused-ring (bicyclic) bond motifs is 1. The minimum Gasteiger partial charge on any atom is -0.390 e. The highest BCUT2D eigenvalue weighted by Crippen LogP contribution is 2.40. The van der Waals surface area contributed by atoms with E-state index in [1.807, 2.05) is 29.0 Å². The zero-order chi connectivity index (χ0) is 24.0. The normalized spacial score (nSPS) is 25.6. The number of hydrogen-bond acceptors (Lipinski definition) is 5. The van der Waals surface area contributed by atoms with Crippen LogP contribution >= 0.6 is 0 Å². The van der Waals surface area contributed by atoms with Gasteiger partial charge in [-0.2, -0.15) is 5.10 Å². The Bertz CT molecular complexity index is 1240. The molecule has 34 heavy (non-hydrogen) atoms. The number of piperidine rings is 1. The first-order valence-corrected chi connectivity index (χ1v) is 11.8. The van der Waals surface area contributed by atoms with E-state index >= 15 is 0 Å². The highest BCUT2D eigenvalue weighted by Gasteiger charge is 2.33. The van der Waals surface area contributed by atoms with Gasteiger partial charge in [0.15, 0.2) is 5.65 Å². The number of likely N-dealkylation sites (tertiary alicyclic amines) is 1. The third-order valence-corrected chi connectivity index (χ3v) is 7.10. The van der Waals surface area contributed by atoms with Gasteiger partial charge in [-0.15, -0.1) is 6.42 Å². The van der Waals surface area contributed by atoms with Crippen molar-refractivity contribution < 1.29 is 13.9 Å². The van der Waals surface area contributed by atoms with Gasteiger partial charge in [0.25, 0.3) is 0 Å². The molecule has 1 aliphatic carbocycles.